The highest BCUT2D eigenvalue weighted by Crippen LogP contribution is 2.25. The second kappa shape index (κ2) is 5.42. The van der Waals surface area contributed by atoms with Gasteiger partial charge in [-0.25, -0.2) is 8.42 Å². The fourth-order valence-electron chi connectivity index (χ4n) is 1.91. The molecule has 0 saturated heterocycles. The molecule has 0 bridgehead atoms. The van der Waals surface area contributed by atoms with E-state index < -0.39 is 14.8 Å². The van der Waals surface area contributed by atoms with Crippen LogP contribution in [0.4, 0.5) is 5.69 Å². The van der Waals surface area contributed by atoms with Crippen molar-refractivity contribution in [1.82, 2.24) is 0 Å². The molecule has 0 aliphatic heterocycles. The van der Waals surface area contributed by atoms with Gasteiger partial charge in [-0.05, 0) is 11.6 Å². The normalized spacial score (nSPS) is 11.2. The molecule has 0 heterocycles. The highest BCUT2D eigenvalue weighted by molar-refractivity contribution is 7.90. The van der Waals surface area contributed by atoms with Crippen LogP contribution in [0.3, 0.4) is 0 Å². The Bertz CT molecular complexity index is 739. The van der Waals surface area contributed by atoms with Gasteiger partial charge in [0, 0.05) is 24.3 Å². The Morgan fingerprint density at radius 3 is 2.30 bits per heavy atom. The summed E-state index contributed by atoms with van der Waals surface area (Å²) >= 11 is 0. The maximum absolute atomic E-state index is 11.5. The molecule has 20 heavy (non-hydrogen) atoms. The van der Waals surface area contributed by atoms with Crippen molar-refractivity contribution in [2.45, 2.75) is 11.3 Å². The molecule has 2 aromatic rings. The molecule has 2 rings (SSSR count). The number of benzene rings is 2. The molecule has 104 valence electrons. The van der Waals surface area contributed by atoms with Crippen molar-refractivity contribution in [2.75, 3.05) is 6.26 Å². The summed E-state index contributed by atoms with van der Waals surface area (Å²) in [5, 5.41) is 11.1. The van der Waals surface area contributed by atoms with E-state index in [1.165, 1.54) is 12.1 Å². The number of nitro benzene ring substituents is 1. The topological polar surface area (TPSA) is 77.3 Å². The van der Waals surface area contributed by atoms with Crippen LogP contribution in [-0.4, -0.2) is 19.6 Å². The van der Waals surface area contributed by atoms with Gasteiger partial charge in [-0.3, -0.25) is 10.1 Å². The van der Waals surface area contributed by atoms with Gasteiger partial charge in [-0.15, -0.1) is 0 Å². The molecule has 5 nitrogen and oxygen atoms in total. The lowest BCUT2D eigenvalue weighted by molar-refractivity contribution is -0.385. The number of nitro groups is 1. The minimum atomic E-state index is -3.45. The van der Waals surface area contributed by atoms with Gasteiger partial charge in [0.05, 0.1) is 9.82 Å². The molecule has 0 fully saturated rings. The molecule has 0 N–H and O–H groups in total. The summed E-state index contributed by atoms with van der Waals surface area (Å²) in [7, 11) is -3.45. The summed E-state index contributed by atoms with van der Waals surface area (Å²) in [4.78, 5) is 10.5. The van der Waals surface area contributed by atoms with Crippen molar-refractivity contribution in [1.29, 1.82) is 0 Å². The Morgan fingerprint density at radius 1 is 1.10 bits per heavy atom. The average molecular weight is 291 g/mol. The van der Waals surface area contributed by atoms with Crippen LogP contribution < -0.4 is 0 Å². The Balaban J connectivity index is 2.46. The molecular formula is C14H13NO4S. The van der Waals surface area contributed by atoms with Crippen molar-refractivity contribution in [3.63, 3.8) is 0 Å². The summed E-state index contributed by atoms with van der Waals surface area (Å²) in [5.41, 5.74) is 1.26. The van der Waals surface area contributed by atoms with E-state index in [4.69, 9.17) is 0 Å². The van der Waals surface area contributed by atoms with Gasteiger partial charge in [0.15, 0.2) is 9.84 Å². The molecule has 0 atom stereocenters. The van der Waals surface area contributed by atoms with E-state index >= 15 is 0 Å². The number of hydrogen-bond acceptors (Lipinski definition) is 4. The van der Waals surface area contributed by atoms with Crippen molar-refractivity contribution >= 4 is 15.5 Å². The van der Waals surface area contributed by atoms with Crippen LogP contribution in [0.1, 0.15) is 11.1 Å². The SMILES string of the molecule is CS(=O)(=O)c1ccc(Cc2ccccc2)c([N+](=O)[O-])c1. The molecule has 0 unspecified atom stereocenters. The molecule has 0 aliphatic carbocycles. The van der Waals surface area contributed by atoms with Gasteiger partial charge in [-0.1, -0.05) is 36.4 Å². The fraction of sp³-hybridized carbons (Fsp3) is 0.143. The standard InChI is InChI=1S/C14H13NO4S/c1-20(18,19)13-8-7-12(14(10-13)15(16)17)9-11-5-3-2-4-6-11/h2-8,10H,9H2,1H3. The minimum absolute atomic E-state index is 0.0407. The maximum atomic E-state index is 11.5. The van der Waals surface area contributed by atoms with Crippen LogP contribution in [0.15, 0.2) is 53.4 Å². The monoisotopic (exact) mass is 291 g/mol. The van der Waals surface area contributed by atoms with Gasteiger partial charge in [0.25, 0.3) is 5.69 Å². The molecule has 0 radical (unpaired) electrons. The van der Waals surface area contributed by atoms with Crippen molar-refractivity contribution in [3.8, 4) is 0 Å². The summed E-state index contributed by atoms with van der Waals surface area (Å²) in [6, 6.07) is 13.3. The van der Waals surface area contributed by atoms with Crippen LogP contribution in [0, 0.1) is 10.1 Å². The maximum Gasteiger partial charge on any atom is 0.274 e. The first-order chi connectivity index (χ1) is 9.38. The zero-order valence-corrected chi connectivity index (χ0v) is 11.6. The van der Waals surface area contributed by atoms with Gasteiger partial charge < -0.3 is 0 Å². The highest BCUT2D eigenvalue weighted by atomic mass is 32.2. The minimum Gasteiger partial charge on any atom is -0.258 e. The number of rotatable bonds is 4. The van der Waals surface area contributed by atoms with Crippen LogP contribution >= 0.6 is 0 Å². The first-order valence-corrected chi connectivity index (χ1v) is 7.78. The molecule has 0 aliphatic rings. The lowest BCUT2D eigenvalue weighted by Gasteiger charge is -2.05. The van der Waals surface area contributed by atoms with Crippen LogP contribution in [-0.2, 0) is 16.3 Å². The second-order valence-electron chi connectivity index (χ2n) is 4.48. The molecule has 0 spiro atoms. The Hall–Kier alpha value is -2.21. The molecular weight excluding hydrogens is 278 g/mol. The van der Waals surface area contributed by atoms with Gasteiger partial charge >= 0.3 is 0 Å². The van der Waals surface area contributed by atoms with Crippen molar-refractivity contribution in [2.24, 2.45) is 0 Å². The Kier molecular flexibility index (Phi) is 3.85. The summed E-state index contributed by atoms with van der Waals surface area (Å²) in [6.45, 7) is 0. The lowest BCUT2D eigenvalue weighted by atomic mass is 10.0. The van der Waals surface area contributed by atoms with Crippen LogP contribution in [0.2, 0.25) is 0 Å². The molecule has 2 aromatic carbocycles. The van der Waals surface area contributed by atoms with E-state index in [1.54, 1.807) is 0 Å². The smallest absolute Gasteiger partial charge is 0.258 e. The third-order valence-corrected chi connectivity index (χ3v) is 4.03. The summed E-state index contributed by atoms with van der Waals surface area (Å²) in [5.74, 6) is 0. The van der Waals surface area contributed by atoms with Crippen LogP contribution in [0.5, 0.6) is 0 Å². The lowest BCUT2D eigenvalue weighted by Crippen LogP contribution is -2.02. The van der Waals surface area contributed by atoms with Crippen molar-refractivity contribution < 1.29 is 13.3 Å². The average Bonchev–Trinajstić information content (AvgIpc) is 2.38. The third-order valence-electron chi connectivity index (χ3n) is 2.92. The first kappa shape index (κ1) is 14.2. The molecule has 0 amide bonds. The van der Waals surface area contributed by atoms with E-state index in [9.17, 15) is 18.5 Å². The molecule has 6 heteroatoms. The highest BCUT2D eigenvalue weighted by Gasteiger charge is 2.18. The zero-order valence-electron chi connectivity index (χ0n) is 10.8. The Morgan fingerprint density at radius 2 is 1.75 bits per heavy atom. The predicted octanol–water partition coefficient (Wildman–Crippen LogP) is 2.59. The number of hydrogen-bond donors (Lipinski definition) is 0. The summed E-state index contributed by atoms with van der Waals surface area (Å²) < 4.78 is 22.9. The van der Waals surface area contributed by atoms with E-state index in [0.717, 1.165) is 17.9 Å². The quantitative estimate of drug-likeness (QED) is 0.640. The van der Waals surface area contributed by atoms with Gasteiger partial charge in [0.1, 0.15) is 0 Å². The first-order valence-electron chi connectivity index (χ1n) is 5.89. The van der Waals surface area contributed by atoms with E-state index in [-0.39, 0.29) is 10.6 Å². The van der Waals surface area contributed by atoms with Crippen molar-refractivity contribution in [3.05, 3.63) is 69.8 Å². The van der Waals surface area contributed by atoms with E-state index in [0.29, 0.717) is 12.0 Å². The Labute approximate surface area is 116 Å². The zero-order chi connectivity index (χ0) is 14.8. The van der Waals surface area contributed by atoms with E-state index in [1.807, 2.05) is 30.3 Å². The van der Waals surface area contributed by atoms with Crippen LogP contribution in [0.25, 0.3) is 0 Å². The number of sulfone groups is 1. The van der Waals surface area contributed by atoms with E-state index in [2.05, 4.69) is 0 Å². The van der Waals surface area contributed by atoms with Gasteiger partial charge in [-0.2, -0.15) is 0 Å². The largest absolute Gasteiger partial charge is 0.274 e. The number of nitrogens with zero attached hydrogens (tertiary/aromatic N) is 1. The predicted molar refractivity (Wildman–Crippen MR) is 75.5 cm³/mol. The second-order valence-corrected chi connectivity index (χ2v) is 6.50. The molecule has 0 saturated carbocycles. The fourth-order valence-corrected chi connectivity index (χ4v) is 2.55. The third kappa shape index (κ3) is 3.21. The van der Waals surface area contributed by atoms with Gasteiger partial charge in [0.2, 0.25) is 0 Å². The molecule has 0 aromatic heterocycles. The summed E-state index contributed by atoms with van der Waals surface area (Å²) in [6.07, 6.45) is 1.42.